The summed E-state index contributed by atoms with van der Waals surface area (Å²) in [5.41, 5.74) is 0.399. The monoisotopic (exact) mass is 405 g/mol. The van der Waals surface area contributed by atoms with Crippen LogP contribution in [0.5, 0.6) is 11.6 Å². The van der Waals surface area contributed by atoms with E-state index in [1.165, 1.54) is 7.11 Å². The summed E-state index contributed by atoms with van der Waals surface area (Å²) in [4.78, 5) is 14.9. The number of hydrogen-bond donors (Lipinski definition) is 0. The molecule has 0 aliphatic rings. The molecule has 0 unspecified atom stereocenters. The van der Waals surface area contributed by atoms with E-state index in [9.17, 15) is 18.0 Å². The Labute approximate surface area is 126 Å². The van der Waals surface area contributed by atoms with E-state index >= 15 is 0 Å². The van der Waals surface area contributed by atoms with Gasteiger partial charge in [-0.25, -0.2) is 4.98 Å². The van der Waals surface area contributed by atoms with E-state index < -0.39 is 18.2 Å². The lowest BCUT2D eigenvalue weighted by Crippen LogP contribution is -2.19. The second-order valence-corrected chi connectivity index (χ2v) is 4.54. The van der Waals surface area contributed by atoms with Crippen molar-refractivity contribution >= 4 is 28.6 Å². The summed E-state index contributed by atoms with van der Waals surface area (Å²) in [6, 6.07) is 0. The first-order valence-corrected chi connectivity index (χ1v) is 6.49. The Bertz CT molecular complexity index is 493. The van der Waals surface area contributed by atoms with Crippen molar-refractivity contribution in [2.45, 2.75) is 19.7 Å². The Balaban J connectivity index is 3.05. The lowest BCUT2D eigenvalue weighted by molar-refractivity contribution is -0.276. The molecule has 9 heteroatoms. The molecule has 0 saturated heterocycles. The van der Waals surface area contributed by atoms with Crippen LogP contribution >= 0.6 is 22.6 Å². The molecule has 0 radical (unpaired) electrons. The van der Waals surface area contributed by atoms with Crippen molar-refractivity contribution < 1.29 is 32.2 Å². The smallest absolute Gasteiger partial charge is 0.490 e. The number of carbonyl (C=O) groups is 1. The van der Waals surface area contributed by atoms with Crippen LogP contribution in [0.2, 0.25) is 0 Å². The second-order valence-electron chi connectivity index (χ2n) is 3.47. The third-order valence-corrected chi connectivity index (χ3v) is 3.25. The average Bonchev–Trinajstić information content (AvgIpc) is 2.31. The minimum atomic E-state index is -4.87. The van der Waals surface area contributed by atoms with Gasteiger partial charge in [0, 0.05) is 6.20 Å². The van der Waals surface area contributed by atoms with Gasteiger partial charge in [0.25, 0.3) is 5.88 Å². The number of methoxy groups -OCH3 is 1. The Morgan fingerprint density at radius 1 is 1.45 bits per heavy atom. The van der Waals surface area contributed by atoms with Crippen LogP contribution in [-0.4, -0.2) is 31.0 Å². The highest BCUT2D eigenvalue weighted by atomic mass is 127. The van der Waals surface area contributed by atoms with Crippen LogP contribution in [-0.2, 0) is 16.0 Å². The van der Waals surface area contributed by atoms with E-state index in [1.54, 1.807) is 29.5 Å². The van der Waals surface area contributed by atoms with E-state index in [0.29, 0.717) is 9.13 Å². The molecule has 1 heterocycles. The third kappa shape index (κ3) is 4.69. The number of esters is 1. The van der Waals surface area contributed by atoms with Crippen molar-refractivity contribution in [1.82, 2.24) is 4.98 Å². The molecule has 0 atom stereocenters. The first-order valence-electron chi connectivity index (χ1n) is 5.41. The van der Waals surface area contributed by atoms with Gasteiger partial charge in [0.1, 0.15) is 0 Å². The van der Waals surface area contributed by atoms with Crippen LogP contribution in [0.25, 0.3) is 0 Å². The lowest BCUT2D eigenvalue weighted by atomic mass is 10.2. The zero-order valence-corrected chi connectivity index (χ0v) is 12.7. The van der Waals surface area contributed by atoms with Crippen molar-refractivity contribution in [1.29, 1.82) is 0 Å². The van der Waals surface area contributed by atoms with Crippen molar-refractivity contribution in [3.63, 3.8) is 0 Å². The number of nitrogens with zero attached hydrogens (tertiary/aromatic N) is 1. The molecule has 0 aliphatic carbocycles. The predicted molar refractivity (Wildman–Crippen MR) is 70.5 cm³/mol. The summed E-state index contributed by atoms with van der Waals surface area (Å²) >= 11 is 1.76. The van der Waals surface area contributed by atoms with E-state index in [1.807, 2.05) is 0 Å². The van der Waals surface area contributed by atoms with Crippen molar-refractivity contribution in [2.24, 2.45) is 0 Å². The summed E-state index contributed by atoms with van der Waals surface area (Å²) < 4.78 is 50.3. The molecule has 0 fully saturated rings. The van der Waals surface area contributed by atoms with Crippen molar-refractivity contribution in [3.8, 4) is 11.6 Å². The van der Waals surface area contributed by atoms with Gasteiger partial charge in [0.05, 0.1) is 23.7 Å². The largest absolute Gasteiger partial charge is 0.574 e. The minimum absolute atomic E-state index is 0.109. The first-order chi connectivity index (χ1) is 9.28. The Morgan fingerprint density at radius 2 is 2.10 bits per heavy atom. The third-order valence-electron chi connectivity index (χ3n) is 2.07. The van der Waals surface area contributed by atoms with E-state index in [-0.39, 0.29) is 18.8 Å². The average molecular weight is 405 g/mol. The summed E-state index contributed by atoms with van der Waals surface area (Å²) in [7, 11) is 1.19. The fourth-order valence-electron chi connectivity index (χ4n) is 1.34. The van der Waals surface area contributed by atoms with Gasteiger partial charge in [-0.15, -0.1) is 13.2 Å². The van der Waals surface area contributed by atoms with Crippen LogP contribution < -0.4 is 9.47 Å². The Hall–Kier alpha value is -1.26. The molecule has 0 aliphatic heterocycles. The SMILES string of the molecule is CCOC(=O)Cc1cnc(OC(F)(F)F)c(OC)c1I. The molecule has 1 rings (SSSR count). The summed E-state index contributed by atoms with van der Waals surface area (Å²) in [6.45, 7) is 1.87. The van der Waals surface area contributed by atoms with Crippen LogP contribution in [0.1, 0.15) is 12.5 Å². The van der Waals surface area contributed by atoms with Crippen molar-refractivity contribution in [2.75, 3.05) is 13.7 Å². The number of ether oxygens (including phenoxy) is 3. The van der Waals surface area contributed by atoms with Gasteiger partial charge in [0.15, 0.2) is 5.75 Å². The lowest BCUT2D eigenvalue weighted by Gasteiger charge is -2.14. The number of halogens is 4. The van der Waals surface area contributed by atoms with E-state index in [0.717, 1.165) is 6.20 Å². The maximum Gasteiger partial charge on any atom is 0.574 e. The van der Waals surface area contributed by atoms with Crippen LogP contribution in [0, 0.1) is 3.57 Å². The fraction of sp³-hybridized carbons (Fsp3) is 0.455. The molecule has 5 nitrogen and oxygen atoms in total. The fourth-order valence-corrected chi connectivity index (χ4v) is 2.12. The molecule has 0 N–H and O–H groups in total. The molecule has 20 heavy (non-hydrogen) atoms. The van der Waals surface area contributed by atoms with E-state index in [4.69, 9.17) is 9.47 Å². The Kier molecular flexibility index (Phi) is 5.84. The highest BCUT2D eigenvalue weighted by Crippen LogP contribution is 2.35. The first kappa shape index (κ1) is 16.8. The summed E-state index contributed by atoms with van der Waals surface area (Å²) in [5.74, 6) is -1.37. The van der Waals surface area contributed by atoms with Gasteiger partial charge in [0.2, 0.25) is 0 Å². The highest BCUT2D eigenvalue weighted by molar-refractivity contribution is 14.1. The molecule has 0 bridgehead atoms. The van der Waals surface area contributed by atoms with Crippen molar-refractivity contribution in [3.05, 3.63) is 15.3 Å². The zero-order valence-electron chi connectivity index (χ0n) is 10.6. The number of alkyl halides is 3. The highest BCUT2D eigenvalue weighted by Gasteiger charge is 2.34. The number of pyridine rings is 1. The van der Waals surface area contributed by atoms with Gasteiger partial charge >= 0.3 is 12.3 Å². The van der Waals surface area contributed by atoms with Gasteiger partial charge in [-0.1, -0.05) is 0 Å². The number of rotatable bonds is 5. The maximum atomic E-state index is 12.2. The topological polar surface area (TPSA) is 57.7 Å². The van der Waals surface area contributed by atoms with Gasteiger partial charge in [-0.3, -0.25) is 4.79 Å². The normalized spacial score (nSPS) is 11.1. The molecule has 0 amide bonds. The molecule has 0 saturated carbocycles. The molecular formula is C11H11F3INO4. The molecule has 0 spiro atoms. The van der Waals surface area contributed by atoms with E-state index in [2.05, 4.69) is 9.72 Å². The van der Waals surface area contributed by atoms with Gasteiger partial charge in [-0.05, 0) is 35.1 Å². The predicted octanol–water partition coefficient (Wildman–Crippen LogP) is 2.70. The van der Waals surface area contributed by atoms with Crippen LogP contribution in [0.15, 0.2) is 6.20 Å². The molecule has 1 aromatic rings. The quantitative estimate of drug-likeness (QED) is 0.557. The standard InChI is InChI=1S/C11H11F3INO4/c1-3-19-7(17)4-6-5-16-10(20-11(12,13)14)9(18-2)8(6)15/h5H,3-4H2,1-2H3. The number of aromatic nitrogens is 1. The van der Waals surface area contributed by atoms with Gasteiger partial charge in [-0.2, -0.15) is 0 Å². The number of hydrogen-bond acceptors (Lipinski definition) is 5. The maximum absolute atomic E-state index is 12.2. The molecule has 1 aromatic heterocycles. The Morgan fingerprint density at radius 3 is 2.60 bits per heavy atom. The van der Waals surface area contributed by atoms with Crippen LogP contribution in [0.4, 0.5) is 13.2 Å². The zero-order chi connectivity index (χ0) is 15.3. The summed E-state index contributed by atoms with van der Waals surface area (Å²) in [6.07, 6.45) is -3.85. The van der Waals surface area contributed by atoms with Gasteiger partial charge < -0.3 is 14.2 Å². The molecule has 0 aromatic carbocycles. The minimum Gasteiger partial charge on any atom is -0.490 e. The number of carbonyl (C=O) groups excluding carboxylic acids is 1. The second kappa shape index (κ2) is 6.95. The summed E-state index contributed by atoms with van der Waals surface area (Å²) in [5, 5.41) is 0. The van der Waals surface area contributed by atoms with Crippen LogP contribution in [0.3, 0.4) is 0 Å². The molecule has 112 valence electrons. The molecular weight excluding hydrogens is 394 g/mol.